The largest absolute Gasteiger partial charge is 0.376 e. The van der Waals surface area contributed by atoms with Crippen molar-refractivity contribution in [1.82, 2.24) is 9.80 Å². The highest BCUT2D eigenvalue weighted by Gasteiger charge is 2.42. The average Bonchev–Trinajstić information content (AvgIpc) is 3.37. The van der Waals surface area contributed by atoms with Crippen molar-refractivity contribution in [2.45, 2.75) is 51.6 Å². The molecule has 3 fully saturated rings. The zero-order valence-electron chi connectivity index (χ0n) is 16.4. The molecule has 6 nitrogen and oxygen atoms in total. The number of ether oxygens (including phenoxy) is 1. The lowest BCUT2D eigenvalue weighted by atomic mass is 9.72. The SMILES string of the molecule is CC(=O)c1ccc(C(=O)N2CCC3(CCC(=O)N(C[C@H]4CCCO4)C3)CC2)s1. The Morgan fingerprint density at radius 2 is 1.96 bits per heavy atom. The first-order valence-corrected chi connectivity index (χ1v) is 11.1. The number of likely N-dealkylation sites (tertiary alicyclic amines) is 2. The molecule has 3 saturated heterocycles. The third kappa shape index (κ3) is 4.01. The van der Waals surface area contributed by atoms with E-state index in [0.717, 1.165) is 45.3 Å². The average molecular weight is 405 g/mol. The summed E-state index contributed by atoms with van der Waals surface area (Å²) in [4.78, 5) is 41.9. The number of carbonyl (C=O) groups is 3. The van der Waals surface area contributed by atoms with Crippen molar-refractivity contribution in [3.05, 3.63) is 21.9 Å². The molecule has 7 heteroatoms. The quantitative estimate of drug-likeness (QED) is 0.724. The number of Topliss-reactive ketones (excluding diaryl/α,β-unsaturated/α-hetero) is 1. The molecule has 0 N–H and O–H groups in total. The maximum Gasteiger partial charge on any atom is 0.263 e. The van der Waals surface area contributed by atoms with Gasteiger partial charge in [0.25, 0.3) is 5.91 Å². The van der Waals surface area contributed by atoms with Crippen molar-refractivity contribution >= 4 is 28.9 Å². The van der Waals surface area contributed by atoms with Crippen LogP contribution in [0.4, 0.5) is 0 Å². The Balaban J connectivity index is 1.36. The molecule has 2 amide bonds. The molecule has 3 aliphatic rings. The summed E-state index contributed by atoms with van der Waals surface area (Å²) in [5.74, 6) is 0.269. The minimum absolute atomic E-state index is 0.000136. The van der Waals surface area contributed by atoms with Crippen LogP contribution >= 0.6 is 11.3 Å². The number of carbonyl (C=O) groups excluding carboxylic acids is 3. The van der Waals surface area contributed by atoms with Gasteiger partial charge in [-0.25, -0.2) is 0 Å². The Kier molecular flexibility index (Phi) is 5.56. The monoisotopic (exact) mass is 404 g/mol. The molecule has 28 heavy (non-hydrogen) atoms. The zero-order chi connectivity index (χ0) is 19.7. The van der Waals surface area contributed by atoms with Crippen LogP contribution in [0.5, 0.6) is 0 Å². The Bertz CT molecular complexity index is 760. The number of ketones is 1. The van der Waals surface area contributed by atoms with Crippen molar-refractivity contribution in [3.63, 3.8) is 0 Å². The minimum atomic E-state index is -0.000136. The molecule has 4 rings (SSSR count). The standard InChI is InChI=1S/C21H28N2O4S/c1-15(24)17-4-5-18(28-17)20(26)22-10-8-21(9-11-22)7-6-19(25)23(14-21)13-16-3-2-12-27-16/h4-5,16H,2-3,6-14H2,1H3/t16-/m1/s1. The Morgan fingerprint density at radius 3 is 2.61 bits per heavy atom. The van der Waals surface area contributed by atoms with E-state index < -0.39 is 0 Å². The normalized spacial score (nSPS) is 24.8. The maximum atomic E-state index is 12.8. The van der Waals surface area contributed by atoms with Gasteiger partial charge in [0.15, 0.2) is 5.78 Å². The van der Waals surface area contributed by atoms with Gasteiger partial charge in [-0.05, 0) is 56.6 Å². The molecule has 152 valence electrons. The molecule has 1 atom stereocenters. The summed E-state index contributed by atoms with van der Waals surface area (Å²) in [6.07, 6.45) is 5.70. The molecule has 4 heterocycles. The van der Waals surface area contributed by atoms with Crippen LogP contribution in [-0.4, -0.2) is 66.3 Å². The number of nitrogens with zero attached hydrogens (tertiary/aromatic N) is 2. The molecular weight excluding hydrogens is 376 g/mol. The summed E-state index contributed by atoms with van der Waals surface area (Å²) in [7, 11) is 0. The molecule has 0 bridgehead atoms. The summed E-state index contributed by atoms with van der Waals surface area (Å²) in [6.45, 7) is 5.27. The summed E-state index contributed by atoms with van der Waals surface area (Å²) < 4.78 is 5.73. The smallest absolute Gasteiger partial charge is 0.263 e. The fourth-order valence-electron chi connectivity index (χ4n) is 4.69. The van der Waals surface area contributed by atoms with Crippen LogP contribution in [0.1, 0.15) is 64.8 Å². The number of hydrogen-bond acceptors (Lipinski definition) is 5. The van der Waals surface area contributed by atoms with Crippen molar-refractivity contribution < 1.29 is 19.1 Å². The van der Waals surface area contributed by atoms with Crippen molar-refractivity contribution in [2.75, 3.05) is 32.8 Å². The molecule has 3 aliphatic heterocycles. The van der Waals surface area contributed by atoms with E-state index in [1.54, 1.807) is 12.1 Å². The van der Waals surface area contributed by atoms with Crippen LogP contribution in [-0.2, 0) is 9.53 Å². The molecule has 1 aromatic heterocycles. The highest BCUT2D eigenvalue weighted by atomic mass is 32.1. The van der Waals surface area contributed by atoms with Crippen LogP contribution in [0.25, 0.3) is 0 Å². The maximum absolute atomic E-state index is 12.8. The first kappa shape index (κ1) is 19.6. The Morgan fingerprint density at radius 1 is 1.21 bits per heavy atom. The molecule has 0 saturated carbocycles. The van der Waals surface area contributed by atoms with E-state index >= 15 is 0 Å². The molecule has 0 radical (unpaired) electrons. The van der Waals surface area contributed by atoms with E-state index in [1.165, 1.54) is 18.3 Å². The van der Waals surface area contributed by atoms with Crippen molar-refractivity contribution in [3.8, 4) is 0 Å². The van der Waals surface area contributed by atoms with Gasteiger partial charge in [0.05, 0.1) is 15.9 Å². The lowest BCUT2D eigenvalue weighted by Gasteiger charge is -2.47. The van der Waals surface area contributed by atoms with E-state index in [1.807, 2.05) is 9.80 Å². The Labute approximate surface area is 169 Å². The van der Waals surface area contributed by atoms with Crippen molar-refractivity contribution in [1.29, 1.82) is 0 Å². The summed E-state index contributed by atoms with van der Waals surface area (Å²) in [5.41, 5.74) is 0.128. The van der Waals surface area contributed by atoms with Gasteiger partial charge < -0.3 is 14.5 Å². The van der Waals surface area contributed by atoms with E-state index in [4.69, 9.17) is 4.74 Å². The van der Waals surface area contributed by atoms with Gasteiger partial charge in [0.2, 0.25) is 5.91 Å². The fourth-order valence-corrected chi connectivity index (χ4v) is 5.56. The van der Waals surface area contributed by atoms with E-state index in [-0.39, 0.29) is 29.1 Å². The zero-order valence-corrected chi connectivity index (χ0v) is 17.3. The minimum Gasteiger partial charge on any atom is -0.376 e. The lowest BCUT2D eigenvalue weighted by molar-refractivity contribution is -0.141. The highest BCUT2D eigenvalue weighted by molar-refractivity contribution is 7.15. The van der Waals surface area contributed by atoms with Gasteiger partial charge in [-0.1, -0.05) is 0 Å². The lowest BCUT2D eigenvalue weighted by Crippen LogP contribution is -2.53. The third-order valence-electron chi connectivity index (χ3n) is 6.47. The fraction of sp³-hybridized carbons (Fsp3) is 0.667. The predicted octanol–water partition coefficient (Wildman–Crippen LogP) is 2.97. The summed E-state index contributed by atoms with van der Waals surface area (Å²) >= 11 is 1.28. The van der Waals surface area contributed by atoms with Gasteiger partial charge in [-0.3, -0.25) is 14.4 Å². The molecular formula is C21H28N2O4S. The van der Waals surface area contributed by atoms with Crippen molar-refractivity contribution in [2.24, 2.45) is 5.41 Å². The number of thiophene rings is 1. The summed E-state index contributed by atoms with van der Waals surface area (Å²) in [6, 6.07) is 3.50. The second-order valence-electron chi connectivity index (χ2n) is 8.42. The van der Waals surface area contributed by atoms with Crippen LogP contribution in [0.15, 0.2) is 12.1 Å². The second kappa shape index (κ2) is 7.95. The molecule has 0 unspecified atom stereocenters. The number of hydrogen-bond donors (Lipinski definition) is 0. The second-order valence-corrected chi connectivity index (χ2v) is 9.51. The van der Waals surface area contributed by atoms with E-state index in [0.29, 0.717) is 35.8 Å². The molecule has 0 aromatic carbocycles. The number of rotatable bonds is 4. The first-order valence-electron chi connectivity index (χ1n) is 10.3. The number of piperidine rings is 2. The van der Waals surface area contributed by atoms with Gasteiger partial charge in [0, 0.05) is 39.2 Å². The van der Waals surface area contributed by atoms with Crippen LogP contribution < -0.4 is 0 Å². The Hall–Kier alpha value is -1.73. The topological polar surface area (TPSA) is 66.9 Å². The molecule has 1 spiro atoms. The van der Waals surface area contributed by atoms with Gasteiger partial charge in [-0.2, -0.15) is 0 Å². The van der Waals surface area contributed by atoms with Crippen LogP contribution in [0.2, 0.25) is 0 Å². The van der Waals surface area contributed by atoms with Crippen LogP contribution in [0, 0.1) is 5.41 Å². The predicted molar refractivity (Wildman–Crippen MR) is 107 cm³/mol. The van der Waals surface area contributed by atoms with Gasteiger partial charge in [0.1, 0.15) is 0 Å². The van der Waals surface area contributed by atoms with Gasteiger partial charge in [-0.15, -0.1) is 11.3 Å². The van der Waals surface area contributed by atoms with E-state index in [9.17, 15) is 14.4 Å². The first-order chi connectivity index (χ1) is 13.5. The highest BCUT2D eigenvalue weighted by Crippen LogP contribution is 2.41. The van der Waals surface area contributed by atoms with Gasteiger partial charge >= 0.3 is 0 Å². The molecule has 1 aromatic rings. The number of amides is 2. The summed E-state index contributed by atoms with van der Waals surface area (Å²) in [5, 5.41) is 0. The third-order valence-corrected chi connectivity index (χ3v) is 7.65. The van der Waals surface area contributed by atoms with E-state index in [2.05, 4.69) is 0 Å². The molecule has 0 aliphatic carbocycles. The van der Waals surface area contributed by atoms with Crippen LogP contribution in [0.3, 0.4) is 0 Å².